The highest BCUT2D eigenvalue weighted by Gasteiger charge is 2.31. The summed E-state index contributed by atoms with van der Waals surface area (Å²) < 4.78 is 39.3. The molecule has 25 heavy (non-hydrogen) atoms. The normalized spacial score (nSPS) is 16.1. The lowest BCUT2D eigenvalue weighted by molar-refractivity contribution is -0.137. The summed E-state index contributed by atoms with van der Waals surface area (Å²) >= 11 is 0. The Bertz CT molecular complexity index is 733. The first-order valence-electron chi connectivity index (χ1n) is 7.90. The van der Waals surface area contributed by atoms with Crippen molar-refractivity contribution in [1.29, 1.82) is 0 Å². The lowest BCUT2D eigenvalue weighted by Crippen LogP contribution is -2.44. The SMILES string of the molecule is Cn1cc(C(=O)NC2CCN(c3ccc(C(F)(F)F)cn3)CC2)cn1. The van der Waals surface area contributed by atoms with Crippen LogP contribution >= 0.6 is 0 Å². The summed E-state index contributed by atoms with van der Waals surface area (Å²) in [6.45, 7) is 1.24. The van der Waals surface area contributed by atoms with Gasteiger partial charge >= 0.3 is 6.18 Å². The highest BCUT2D eigenvalue weighted by atomic mass is 19.4. The zero-order chi connectivity index (χ0) is 18.0. The molecule has 0 bridgehead atoms. The van der Waals surface area contributed by atoms with E-state index in [1.54, 1.807) is 17.9 Å². The summed E-state index contributed by atoms with van der Waals surface area (Å²) in [6.07, 6.45) is 1.04. The van der Waals surface area contributed by atoms with Crippen molar-refractivity contribution in [3.63, 3.8) is 0 Å². The number of hydrogen-bond donors (Lipinski definition) is 1. The molecular formula is C16H18F3N5O. The number of anilines is 1. The maximum absolute atomic E-state index is 12.6. The zero-order valence-corrected chi connectivity index (χ0v) is 13.6. The van der Waals surface area contributed by atoms with Gasteiger partial charge in [0.25, 0.3) is 5.91 Å². The molecule has 0 saturated carbocycles. The number of rotatable bonds is 3. The van der Waals surface area contributed by atoms with E-state index in [0.29, 0.717) is 37.3 Å². The third-order valence-corrected chi connectivity index (χ3v) is 4.20. The van der Waals surface area contributed by atoms with Crippen LogP contribution in [0.25, 0.3) is 0 Å². The van der Waals surface area contributed by atoms with E-state index in [2.05, 4.69) is 15.4 Å². The van der Waals surface area contributed by atoms with Crippen molar-refractivity contribution >= 4 is 11.7 Å². The smallest absolute Gasteiger partial charge is 0.356 e. The maximum atomic E-state index is 12.6. The molecule has 0 radical (unpaired) electrons. The van der Waals surface area contributed by atoms with Crippen molar-refractivity contribution in [3.8, 4) is 0 Å². The second-order valence-corrected chi connectivity index (χ2v) is 6.04. The number of amides is 1. The number of aromatic nitrogens is 3. The fourth-order valence-corrected chi connectivity index (χ4v) is 2.80. The second kappa shape index (κ2) is 6.73. The molecule has 1 aliphatic rings. The van der Waals surface area contributed by atoms with Gasteiger partial charge in [-0.2, -0.15) is 18.3 Å². The van der Waals surface area contributed by atoms with Gasteiger partial charge in [-0.1, -0.05) is 0 Å². The zero-order valence-electron chi connectivity index (χ0n) is 13.6. The number of carbonyl (C=O) groups is 1. The number of hydrogen-bond acceptors (Lipinski definition) is 4. The van der Waals surface area contributed by atoms with Crippen LogP contribution in [-0.4, -0.2) is 39.8 Å². The molecule has 6 nitrogen and oxygen atoms in total. The minimum atomic E-state index is -4.38. The van der Waals surface area contributed by atoms with Crippen molar-refractivity contribution in [2.75, 3.05) is 18.0 Å². The monoisotopic (exact) mass is 353 g/mol. The highest BCUT2D eigenvalue weighted by Crippen LogP contribution is 2.29. The molecule has 0 aliphatic carbocycles. The number of nitrogens with zero attached hydrogens (tertiary/aromatic N) is 4. The van der Waals surface area contributed by atoms with Gasteiger partial charge in [-0.25, -0.2) is 4.98 Å². The predicted octanol–water partition coefficient (Wildman–Crippen LogP) is 2.23. The summed E-state index contributed by atoms with van der Waals surface area (Å²) in [5, 5.41) is 6.93. The van der Waals surface area contributed by atoms with Gasteiger partial charge in [0.05, 0.1) is 17.3 Å². The maximum Gasteiger partial charge on any atom is 0.417 e. The highest BCUT2D eigenvalue weighted by molar-refractivity contribution is 5.93. The molecule has 0 atom stereocenters. The van der Waals surface area contributed by atoms with Gasteiger partial charge in [0.2, 0.25) is 0 Å². The first-order chi connectivity index (χ1) is 11.8. The molecule has 134 valence electrons. The van der Waals surface area contributed by atoms with Gasteiger partial charge in [0.1, 0.15) is 5.82 Å². The van der Waals surface area contributed by atoms with Gasteiger partial charge in [-0.05, 0) is 25.0 Å². The van der Waals surface area contributed by atoms with Crippen molar-refractivity contribution < 1.29 is 18.0 Å². The molecule has 9 heteroatoms. The van der Waals surface area contributed by atoms with E-state index in [4.69, 9.17) is 0 Å². The Morgan fingerprint density at radius 1 is 1.24 bits per heavy atom. The predicted molar refractivity (Wildman–Crippen MR) is 85.1 cm³/mol. The molecule has 2 aromatic rings. The Morgan fingerprint density at radius 3 is 2.48 bits per heavy atom. The van der Waals surface area contributed by atoms with Crippen LogP contribution in [0.1, 0.15) is 28.8 Å². The van der Waals surface area contributed by atoms with Crippen LogP contribution in [0.5, 0.6) is 0 Å². The fourth-order valence-electron chi connectivity index (χ4n) is 2.80. The summed E-state index contributed by atoms with van der Waals surface area (Å²) in [4.78, 5) is 17.9. The van der Waals surface area contributed by atoms with Crippen molar-refractivity contribution in [1.82, 2.24) is 20.1 Å². The molecule has 0 aromatic carbocycles. The van der Waals surface area contributed by atoms with Crippen molar-refractivity contribution in [2.24, 2.45) is 7.05 Å². The standard InChI is InChI=1S/C16H18F3N5O/c1-23-10-11(8-21-23)15(25)22-13-4-6-24(7-5-13)14-3-2-12(9-20-14)16(17,18)19/h2-3,8-10,13H,4-7H2,1H3,(H,22,25). The number of halogens is 3. The van der Waals surface area contributed by atoms with E-state index < -0.39 is 11.7 Å². The Balaban J connectivity index is 1.54. The van der Waals surface area contributed by atoms with E-state index in [1.165, 1.54) is 12.3 Å². The Labute approximate surface area is 142 Å². The lowest BCUT2D eigenvalue weighted by Gasteiger charge is -2.33. The molecule has 3 rings (SSSR count). The largest absolute Gasteiger partial charge is 0.417 e. The molecule has 3 heterocycles. The van der Waals surface area contributed by atoms with Crippen LogP contribution in [0.3, 0.4) is 0 Å². The Morgan fingerprint density at radius 2 is 1.96 bits per heavy atom. The fraction of sp³-hybridized carbons (Fsp3) is 0.438. The summed E-state index contributed by atoms with van der Waals surface area (Å²) in [5.41, 5.74) is -0.246. The molecule has 1 saturated heterocycles. The molecule has 1 aliphatic heterocycles. The van der Waals surface area contributed by atoms with Crippen LogP contribution < -0.4 is 10.2 Å². The molecule has 2 aromatic heterocycles. The van der Waals surface area contributed by atoms with E-state index in [-0.39, 0.29) is 11.9 Å². The third-order valence-electron chi connectivity index (χ3n) is 4.20. The van der Waals surface area contributed by atoms with E-state index in [1.807, 2.05) is 4.90 Å². The second-order valence-electron chi connectivity index (χ2n) is 6.04. The number of piperidine rings is 1. The topological polar surface area (TPSA) is 63.1 Å². The molecular weight excluding hydrogens is 335 g/mol. The van der Waals surface area contributed by atoms with Gasteiger partial charge in [-0.15, -0.1) is 0 Å². The number of carbonyl (C=O) groups excluding carboxylic acids is 1. The van der Waals surface area contributed by atoms with E-state index in [0.717, 1.165) is 12.3 Å². The molecule has 0 spiro atoms. The Hall–Kier alpha value is -2.58. The summed E-state index contributed by atoms with van der Waals surface area (Å²) in [7, 11) is 1.74. The lowest BCUT2D eigenvalue weighted by atomic mass is 10.0. The van der Waals surface area contributed by atoms with Gasteiger partial charge in [0, 0.05) is 38.6 Å². The average molecular weight is 353 g/mol. The number of aryl methyl sites for hydroxylation is 1. The molecule has 1 fully saturated rings. The first-order valence-corrected chi connectivity index (χ1v) is 7.90. The molecule has 1 amide bonds. The van der Waals surface area contributed by atoms with Gasteiger partial charge in [0.15, 0.2) is 0 Å². The number of nitrogens with one attached hydrogen (secondary N) is 1. The summed E-state index contributed by atoms with van der Waals surface area (Å²) in [6, 6.07) is 2.45. The van der Waals surface area contributed by atoms with Crippen LogP contribution in [0, 0.1) is 0 Å². The molecule has 1 N–H and O–H groups in total. The summed E-state index contributed by atoms with van der Waals surface area (Å²) in [5.74, 6) is 0.351. The molecule has 0 unspecified atom stereocenters. The number of alkyl halides is 3. The van der Waals surface area contributed by atoms with Crippen LogP contribution in [0.15, 0.2) is 30.7 Å². The quantitative estimate of drug-likeness (QED) is 0.919. The minimum Gasteiger partial charge on any atom is -0.356 e. The first kappa shape index (κ1) is 17.2. The minimum absolute atomic E-state index is 0.0263. The third kappa shape index (κ3) is 4.09. The van der Waals surface area contributed by atoms with Gasteiger partial charge < -0.3 is 10.2 Å². The van der Waals surface area contributed by atoms with E-state index >= 15 is 0 Å². The van der Waals surface area contributed by atoms with Crippen LogP contribution in [-0.2, 0) is 13.2 Å². The van der Waals surface area contributed by atoms with Crippen molar-refractivity contribution in [2.45, 2.75) is 25.1 Å². The van der Waals surface area contributed by atoms with Crippen molar-refractivity contribution in [3.05, 3.63) is 41.9 Å². The Kier molecular flexibility index (Phi) is 4.65. The van der Waals surface area contributed by atoms with E-state index in [9.17, 15) is 18.0 Å². The van der Waals surface area contributed by atoms with Gasteiger partial charge in [-0.3, -0.25) is 9.48 Å². The van der Waals surface area contributed by atoms with Crippen LogP contribution in [0.4, 0.5) is 19.0 Å². The average Bonchev–Trinajstić information content (AvgIpc) is 3.02. The number of pyridine rings is 1. The van der Waals surface area contributed by atoms with Crippen LogP contribution in [0.2, 0.25) is 0 Å².